The lowest BCUT2D eigenvalue weighted by Crippen LogP contribution is -2.51. The van der Waals surface area contributed by atoms with Crippen LogP contribution in [0.25, 0.3) is 0 Å². The zero-order chi connectivity index (χ0) is 17.0. The molecule has 4 heteroatoms. The number of nitrogens with one attached hydrogen (secondary N) is 1. The summed E-state index contributed by atoms with van der Waals surface area (Å²) in [5.41, 5.74) is 0. The fraction of sp³-hybridized carbons (Fsp3) is 0.833. The van der Waals surface area contributed by atoms with Crippen molar-refractivity contribution in [3.8, 4) is 0 Å². The highest BCUT2D eigenvalue weighted by Crippen LogP contribution is 2.10. The van der Waals surface area contributed by atoms with E-state index in [1.165, 1.54) is 19.3 Å². The van der Waals surface area contributed by atoms with Crippen molar-refractivity contribution in [1.29, 1.82) is 0 Å². The average molecular weight is 312 g/mol. The van der Waals surface area contributed by atoms with Crippen LogP contribution in [0.2, 0.25) is 0 Å². The van der Waals surface area contributed by atoms with Crippen LogP contribution < -0.4 is 5.32 Å². The summed E-state index contributed by atoms with van der Waals surface area (Å²) < 4.78 is 0. The summed E-state index contributed by atoms with van der Waals surface area (Å²) in [6.45, 7) is 9.34. The second kappa shape index (κ2) is 12.7. The zero-order valence-electron chi connectivity index (χ0n) is 15.1. The first kappa shape index (κ1) is 21.1. The number of unbranched alkanes of at least 4 members (excludes halogenated alkanes) is 4. The van der Waals surface area contributed by atoms with Gasteiger partial charge in [-0.2, -0.15) is 0 Å². The van der Waals surface area contributed by atoms with Gasteiger partial charge >= 0.3 is 5.97 Å². The lowest BCUT2D eigenvalue weighted by molar-refractivity contribution is -0.141. The Kier molecular flexibility index (Phi) is 12.2. The number of rotatable bonds is 13. The van der Waals surface area contributed by atoms with E-state index in [9.17, 15) is 9.90 Å². The molecule has 0 aromatic carbocycles. The van der Waals surface area contributed by atoms with Crippen molar-refractivity contribution in [2.45, 2.75) is 78.4 Å². The summed E-state index contributed by atoms with van der Waals surface area (Å²) in [7, 11) is 2.04. The minimum Gasteiger partial charge on any atom is -0.480 e. The highest BCUT2D eigenvalue weighted by Gasteiger charge is 2.25. The van der Waals surface area contributed by atoms with Gasteiger partial charge in [-0.3, -0.25) is 15.0 Å². The van der Waals surface area contributed by atoms with Gasteiger partial charge in [-0.15, -0.1) is 0 Å². The molecule has 0 bridgehead atoms. The molecular weight excluding hydrogens is 276 g/mol. The third kappa shape index (κ3) is 9.21. The van der Waals surface area contributed by atoms with Crippen LogP contribution >= 0.6 is 0 Å². The number of carboxylic acid groups (broad SMARTS) is 1. The van der Waals surface area contributed by atoms with E-state index in [-0.39, 0.29) is 12.1 Å². The van der Waals surface area contributed by atoms with Crippen LogP contribution in [0.3, 0.4) is 0 Å². The quantitative estimate of drug-likeness (QED) is 0.308. The molecule has 0 aliphatic heterocycles. The summed E-state index contributed by atoms with van der Waals surface area (Å²) in [5.74, 6) is -0.789. The monoisotopic (exact) mass is 312 g/mol. The fourth-order valence-electron chi connectivity index (χ4n) is 2.37. The third-order valence-corrected chi connectivity index (χ3v) is 4.15. The summed E-state index contributed by atoms with van der Waals surface area (Å²) in [6.07, 6.45) is 11.2. The molecule has 2 N–H and O–H groups in total. The Labute approximate surface area is 137 Å². The van der Waals surface area contributed by atoms with Gasteiger partial charge in [-0.25, -0.2) is 0 Å². The van der Waals surface area contributed by atoms with E-state index < -0.39 is 12.0 Å². The molecule has 0 fully saturated rings. The molecule has 0 aromatic heterocycles. The SMILES string of the molecule is CCCCC/C=C\C(C)C(N[C@@H](C)N(C)CCCC)C(=O)O. The van der Waals surface area contributed by atoms with Crippen molar-refractivity contribution in [3.63, 3.8) is 0 Å². The van der Waals surface area contributed by atoms with Gasteiger partial charge in [-0.05, 0) is 39.8 Å². The molecule has 0 radical (unpaired) electrons. The number of hydrogen-bond donors (Lipinski definition) is 2. The number of carbonyl (C=O) groups is 1. The molecule has 3 atom stereocenters. The largest absolute Gasteiger partial charge is 0.480 e. The molecule has 0 rings (SSSR count). The van der Waals surface area contributed by atoms with Crippen molar-refractivity contribution in [1.82, 2.24) is 10.2 Å². The summed E-state index contributed by atoms with van der Waals surface area (Å²) >= 11 is 0. The predicted octanol–water partition coefficient (Wildman–Crippen LogP) is 3.88. The molecule has 0 amide bonds. The molecular formula is C18H36N2O2. The molecule has 0 saturated carbocycles. The average Bonchev–Trinajstić information content (AvgIpc) is 2.49. The number of hydrogen-bond acceptors (Lipinski definition) is 3. The lowest BCUT2D eigenvalue weighted by Gasteiger charge is -2.30. The van der Waals surface area contributed by atoms with Crippen molar-refractivity contribution in [2.24, 2.45) is 5.92 Å². The van der Waals surface area contributed by atoms with E-state index in [0.717, 1.165) is 25.8 Å². The smallest absolute Gasteiger partial charge is 0.321 e. The van der Waals surface area contributed by atoms with Gasteiger partial charge < -0.3 is 5.11 Å². The maximum atomic E-state index is 11.5. The maximum Gasteiger partial charge on any atom is 0.321 e. The number of aliphatic carboxylic acids is 1. The van der Waals surface area contributed by atoms with Gasteiger partial charge in [0.1, 0.15) is 6.04 Å². The normalized spacial score (nSPS) is 16.1. The Morgan fingerprint density at radius 3 is 2.36 bits per heavy atom. The second-order valence-corrected chi connectivity index (χ2v) is 6.28. The number of carboxylic acids is 1. The van der Waals surface area contributed by atoms with Gasteiger partial charge in [0.25, 0.3) is 0 Å². The first-order valence-corrected chi connectivity index (χ1v) is 8.79. The number of nitrogens with zero attached hydrogens (tertiary/aromatic N) is 1. The molecule has 2 unspecified atom stereocenters. The highest BCUT2D eigenvalue weighted by molar-refractivity contribution is 5.74. The molecule has 22 heavy (non-hydrogen) atoms. The Balaban J connectivity index is 4.42. The molecule has 130 valence electrons. The van der Waals surface area contributed by atoms with Gasteiger partial charge in [0.15, 0.2) is 0 Å². The molecule has 0 aliphatic carbocycles. The van der Waals surface area contributed by atoms with E-state index in [2.05, 4.69) is 30.1 Å². The van der Waals surface area contributed by atoms with Gasteiger partial charge in [0.2, 0.25) is 0 Å². The van der Waals surface area contributed by atoms with Crippen molar-refractivity contribution < 1.29 is 9.90 Å². The Hall–Kier alpha value is -0.870. The molecule has 0 heterocycles. The van der Waals surface area contributed by atoms with E-state index in [1.807, 2.05) is 27.0 Å². The molecule has 0 spiro atoms. The van der Waals surface area contributed by atoms with Crippen molar-refractivity contribution in [2.75, 3.05) is 13.6 Å². The van der Waals surface area contributed by atoms with Gasteiger partial charge in [0, 0.05) is 5.92 Å². The molecule has 0 aliphatic rings. The Morgan fingerprint density at radius 1 is 1.18 bits per heavy atom. The first-order valence-electron chi connectivity index (χ1n) is 8.79. The topological polar surface area (TPSA) is 52.6 Å². The molecule has 4 nitrogen and oxygen atoms in total. The van der Waals surface area contributed by atoms with E-state index in [1.54, 1.807) is 0 Å². The minimum atomic E-state index is -0.776. The van der Waals surface area contributed by atoms with Gasteiger partial charge in [0.05, 0.1) is 6.17 Å². The summed E-state index contributed by atoms with van der Waals surface area (Å²) in [6, 6.07) is -0.540. The zero-order valence-corrected chi connectivity index (χ0v) is 15.1. The van der Waals surface area contributed by atoms with Crippen molar-refractivity contribution in [3.05, 3.63) is 12.2 Å². The van der Waals surface area contributed by atoms with Crippen LogP contribution in [0.1, 0.15) is 66.2 Å². The number of allylic oxidation sites excluding steroid dienone is 1. The lowest BCUT2D eigenvalue weighted by atomic mass is 10.00. The minimum absolute atomic E-state index is 0.0128. The van der Waals surface area contributed by atoms with Crippen LogP contribution in [0.4, 0.5) is 0 Å². The first-order chi connectivity index (χ1) is 10.4. The van der Waals surface area contributed by atoms with Gasteiger partial charge in [-0.1, -0.05) is 52.2 Å². The predicted molar refractivity (Wildman–Crippen MR) is 94.0 cm³/mol. The van der Waals surface area contributed by atoms with E-state index in [0.29, 0.717) is 0 Å². The van der Waals surface area contributed by atoms with Crippen LogP contribution in [-0.2, 0) is 4.79 Å². The van der Waals surface area contributed by atoms with Crippen LogP contribution in [0, 0.1) is 5.92 Å². The van der Waals surface area contributed by atoms with Crippen LogP contribution in [-0.4, -0.2) is 41.8 Å². The Bertz CT molecular complexity index is 318. The highest BCUT2D eigenvalue weighted by atomic mass is 16.4. The third-order valence-electron chi connectivity index (χ3n) is 4.15. The van der Waals surface area contributed by atoms with Crippen molar-refractivity contribution >= 4 is 5.97 Å². The fourth-order valence-corrected chi connectivity index (χ4v) is 2.37. The second-order valence-electron chi connectivity index (χ2n) is 6.28. The Morgan fingerprint density at radius 2 is 1.82 bits per heavy atom. The summed E-state index contributed by atoms with van der Waals surface area (Å²) in [4.78, 5) is 13.7. The molecule has 0 saturated heterocycles. The van der Waals surface area contributed by atoms with E-state index >= 15 is 0 Å². The maximum absolute atomic E-state index is 11.5. The standard InChI is InChI=1S/C18H36N2O2/c1-6-8-10-11-12-13-15(3)17(18(21)22)19-16(4)20(5)14-9-7-2/h12-13,15-17,19H,6-11,14H2,1-5H3,(H,21,22)/b13-12-/t15?,16-,17?/m1/s1. The van der Waals surface area contributed by atoms with Crippen LogP contribution in [0.5, 0.6) is 0 Å². The summed E-state index contributed by atoms with van der Waals surface area (Å²) in [5, 5.41) is 12.7. The van der Waals surface area contributed by atoms with Crippen LogP contribution in [0.15, 0.2) is 12.2 Å². The van der Waals surface area contributed by atoms with E-state index in [4.69, 9.17) is 0 Å². The molecule has 0 aromatic rings.